The molecule has 2 rings (SSSR count). The van der Waals surface area contributed by atoms with Crippen LogP contribution in [0.4, 0.5) is 0 Å². The monoisotopic (exact) mass is 295 g/mol. The van der Waals surface area contributed by atoms with Gasteiger partial charge in [0.1, 0.15) is 12.4 Å². The van der Waals surface area contributed by atoms with Gasteiger partial charge in [0.25, 0.3) is 0 Å². The number of carbonyl (C=O) groups is 2. The van der Waals surface area contributed by atoms with E-state index in [0.717, 1.165) is 0 Å². The van der Waals surface area contributed by atoms with Gasteiger partial charge in [0, 0.05) is 5.56 Å². The van der Waals surface area contributed by atoms with E-state index in [2.05, 4.69) is 0 Å². The third-order valence-corrected chi connectivity index (χ3v) is 2.92. The summed E-state index contributed by atoms with van der Waals surface area (Å²) in [7, 11) is 0. The van der Waals surface area contributed by atoms with Crippen LogP contribution in [0.15, 0.2) is 48.5 Å². The van der Waals surface area contributed by atoms with Gasteiger partial charge in [-0.15, -0.1) is 0 Å². The lowest BCUT2D eigenvalue weighted by Crippen LogP contribution is -2.15. The van der Waals surface area contributed by atoms with Gasteiger partial charge < -0.3 is 9.47 Å². The van der Waals surface area contributed by atoms with E-state index >= 15 is 0 Å². The maximum Gasteiger partial charge on any atom is 0.344 e. The first-order valence-corrected chi connectivity index (χ1v) is 6.55. The lowest BCUT2D eigenvalue weighted by molar-refractivity contribution is -0.147. The second-order valence-electron chi connectivity index (χ2n) is 4.37. The molecule has 0 fully saturated rings. The Hall–Kier alpha value is -3.13. The lowest BCUT2D eigenvalue weighted by atomic mass is 10.1. The maximum atomic E-state index is 11.7. The number of ether oxygens (including phenoxy) is 2. The summed E-state index contributed by atoms with van der Waals surface area (Å²) in [6, 6.07) is 15.5. The molecular weight excluding hydrogens is 282 g/mol. The number of para-hydroxylation sites is 1. The molecule has 2 aromatic rings. The van der Waals surface area contributed by atoms with Crippen LogP contribution in [-0.4, -0.2) is 18.9 Å². The van der Waals surface area contributed by atoms with E-state index in [0.29, 0.717) is 28.7 Å². The van der Waals surface area contributed by atoms with Crippen molar-refractivity contribution in [2.24, 2.45) is 0 Å². The summed E-state index contributed by atoms with van der Waals surface area (Å²) >= 11 is 0. The van der Waals surface area contributed by atoms with Gasteiger partial charge in [-0.2, -0.15) is 5.26 Å². The Labute approximate surface area is 127 Å². The van der Waals surface area contributed by atoms with Crippen molar-refractivity contribution in [3.05, 3.63) is 65.2 Å². The molecular formula is C17H13NO4. The Balaban J connectivity index is 1.89. The zero-order valence-electron chi connectivity index (χ0n) is 11.7. The van der Waals surface area contributed by atoms with E-state index in [1.807, 2.05) is 6.07 Å². The summed E-state index contributed by atoms with van der Waals surface area (Å²) in [4.78, 5) is 22.5. The number of hydrogen-bond acceptors (Lipinski definition) is 5. The van der Waals surface area contributed by atoms with Gasteiger partial charge in [0.15, 0.2) is 12.9 Å². The lowest BCUT2D eigenvalue weighted by Gasteiger charge is -2.09. The first kappa shape index (κ1) is 15.3. The molecule has 5 heteroatoms. The van der Waals surface area contributed by atoms with E-state index < -0.39 is 5.97 Å². The molecule has 0 bridgehead atoms. The van der Waals surface area contributed by atoms with Gasteiger partial charge in [-0.25, -0.2) is 4.79 Å². The van der Waals surface area contributed by atoms with Crippen molar-refractivity contribution in [1.29, 1.82) is 5.26 Å². The van der Waals surface area contributed by atoms with Crippen molar-refractivity contribution < 1.29 is 19.1 Å². The maximum absolute atomic E-state index is 11.7. The van der Waals surface area contributed by atoms with Crippen LogP contribution in [0.1, 0.15) is 21.5 Å². The first-order valence-electron chi connectivity index (χ1n) is 6.55. The topological polar surface area (TPSA) is 76.4 Å². The minimum atomic E-state index is -0.576. The van der Waals surface area contributed by atoms with Crippen molar-refractivity contribution in [3.8, 4) is 11.8 Å². The van der Waals surface area contributed by atoms with E-state index in [9.17, 15) is 9.59 Å². The molecule has 0 aliphatic rings. The standard InChI is InChI=1S/C17H13NO4/c18-9-13-5-1-2-7-15(13)11-22-17(20)12-21-16-8-4-3-6-14(16)10-19/h1-8,10H,11-12H2. The molecule has 0 aliphatic heterocycles. The summed E-state index contributed by atoms with van der Waals surface area (Å²) < 4.78 is 10.3. The molecule has 0 amide bonds. The fraction of sp³-hybridized carbons (Fsp3) is 0.118. The summed E-state index contributed by atoms with van der Waals surface area (Å²) in [5.41, 5.74) is 1.46. The van der Waals surface area contributed by atoms with Crippen molar-refractivity contribution >= 4 is 12.3 Å². The fourth-order valence-electron chi connectivity index (χ4n) is 1.80. The summed E-state index contributed by atoms with van der Waals surface area (Å²) in [5.74, 6) is -0.250. The smallest absolute Gasteiger partial charge is 0.344 e. The van der Waals surface area contributed by atoms with Crippen LogP contribution in [0, 0.1) is 11.3 Å². The molecule has 0 aromatic heterocycles. The highest BCUT2D eigenvalue weighted by molar-refractivity contribution is 5.79. The molecule has 0 aliphatic carbocycles. The van der Waals surface area contributed by atoms with Crippen LogP contribution in [-0.2, 0) is 16.1 Å². The highest BCUT2D eigenvalue weighted by Gasteiger charge is 2.09. The highest BCUT2D eigenvalue weighted by Crippen LogP contribution is 2.15. The number of benzene rings is 2. The zero-order chi connectivity index (χ0) is 15.8. The van der Waals surface area contributed by atoms with E-state index in [1.54, 1.807) is 48.5 Å². The second kappa shape index (κ2) is 7.60. The molecule has 0 saturated carbocycles. The minimum Gasteiger partial charge on any atom is -0.481 e. The molecule has 0 radical (unpaired) electrons. The minimum absolute atomic E-state index is 0.00124. The zero-order valence-corrected chi connectivity index (χ0v) is 11.7. The first-order chi connectivity index (χ1) is 10.7. The molecule has 22 heavy (non-hydrogen) atoms. The van der Waals surface area contributed by atoms with Crippen LogP contribution < -0.4 is 4.74 Å². The van der Waals surface area contributed by atoms with Crippen LogP contribution in [0.2, 0.25) is 0 Å². The van der Waals surface area contributed by atoms with Crippen LogP contribution >= 0.6 is 0 Å². The molecule has 2 aromatic carbocycles. The number of rotatable bonds is 6. The Morgan fingerprint density at radius 2 is 1.86 bits per heavy atom. The van der Waals surface area contributed by atoms with E-state index in [-0.39, 0.29) is 13.2 Å². The van der Waals surface area contributed by atoms with Crippen molar-refractivity contribution in [3.63, 3.8) is 0 Å². The van der Waals surface area contributed by atoms with Gasteiger partial charge in [-0.1, -0.05) is 30.3 Å². The van der Waals surface area contributed by atoms with Crippen molar-refractivity contribution in [1.82, 2.24) is 0 Å². The molecule has 0 saturated heterocycles. The second-order valence-corrected chi connectivity index (χ2v) is 4.37. The number of nitrogens with zero attached hydrogens (tertiary/aromatic N) is 1. The normalized spacial score (nSPS) is 9.59. The number of hydrogen-bond donors (Lipinski definition) is 0. The number of nitriles is 1. The number of esters is 1. The highest BCUT2D eigenvalue weighted by atomic mass is 16.6. The third kappa shape index (κ3) is 3.93. The Morgan fingerprint density at radius 3 is 2.64 bits per heavy atom. The number of aldehydes is 1. The Bertz CT molecular complexity index is 719. The average Bonchev–Trinajstić information content (AvgIpc) is 2.58. The van der Waals surface area contributed by atoms with Crippen molar-refractivity contribution in [2.75, 3.05) is 6.61 Å². The van der Waals surface area contributed by atoms with Gasteiger partial charge in [-0.05, 0) is 18.2 Å². The summed E-state index contributed by atoms with van der Waals surface area (Å²) in [6.07, 6.45) is 0.657. The molecule has 0 atom stereocenters. The molecule has 5 nitrogen and oxygen atoms in total. The SMILES string of the molecule is N#Cc1ccccc1COC(=O)COc1ccccc1C=O. The number of carbonyl (C=O) groups excluding carboxylic acids is 2. The summed E-state index contributed by atoms with van der Waals surface area (Å²) in [6.45, 7) is -0.305. The average molecular weight is 295 g/mol. The van der Waals surface area contributed by atoms with Crippen LogP contribution in [0.3, 0.4) is 0 Å². The van der Waals surface area contributed by atoms with E-state index in [1.165, 1.54) is 0 Å². The molecule has 0 N–H and O–H groups in total. The molecule has 0 heterocycles. The summed E-state index contributed by atoms with van der Waals surface area (Å²) in [5, 5.41) is 8.95. The van der Waals surface area contributed by atoms with Gasteiger partial charge >= 0.3 is 5.97 Å². The fourth-order valence-corrected chi connectivity index (χ4v) is 1.80. The van der Waals surface area contributed by atoms with Gasteiger partial charge in [0.05, 0.1) is 17.2 Å². The Kier molecular flexibility index (Phi) is 5.27. The van der Waals surface area contributed by atoms with Gasteiger partial charge in [0.2, 0.25) is 0 Å². The predicted molar refractivity (Wildman–Crippen MR) is 78.3 cm³/mol. The van der Waals surface area contributed by atoms with Crippen LogP contribution in [0.5, 0.6) is 5.75 Å². The third-order valence-electron chi connectivity index (χ3n) is 2.92. The molecule has 0 unspecified atom stereocenters. The van der Waals surface area contributed by atoms with E-state index in [4.69, 9.17) is 14.7 Å². The molecule has 0 spiro atoms. The predicted octanol–water partition coefficient (Wildman–Crippen LogP) is 2.49. The largest absolute Gasteiger partial charge is 0.481 e. The Morgan fingerprint density at radius 1 is 1.14 bits per heavy atom. The van der Waals surface area contributed by atoms with Crippen LogP contribution in [0.25, 0.3) is 0 Å². The molecule has 110 valence electrons. The quantitative estimate of drug-likeness (QED) is 0.604. The van der Waals surface area contributed by atoms with Gasteiger partial charge in [-0.3, -0.25) is 4.79 Å². The van der Waals surface area contributed by atoms with Crippen molar-refractivity contribution in [2.45, 2.75) is 6.61 Å².